The molecule has 0 spiro atoms. The third-order valence-corrected chi connectivity index (χ3v) is 10.8. The average molecular weight is 793 g/mol. The molecule has 62 heavy (non-hydrogen) atoms. The molecule has 0 amide bonds. The van der Waals surface area contributed by atoms with Gasteiger partial charge in [-0.05, 0) is 63.7 Å². The van der Waals surface area contributed by atoms with Gasteiger partial charge in [0, 0.05) is 33.4 Å². The quantitative estimate of drug-likeness (QED) is 0.145. The van der Waals surface area contributed by atoms with Crippen LogP contribution in [0.1, 0.15) is 5.56 Å². The molecule has 0 saturated carbocycles. The van der Waals surface area contributed by atoms with E-state index in [4.69, 9.17) is 24.9 Å². The Morgan fingerprint density at radius 1 is 0.242 bits per heavy atom. The fourth-order valence-electron chi connectivity index (χ4n) is 7.56. The van der Waals surface area contributed by atoms with E-state index in [1.807, 2.05) is 121 Å². The van der Waals surface area contributed by atoms with Gasteiger partial charge in [0.05, 0.1) is 23.0 Å². The molecule has 6 nitrogen and oxygen atoms in total. The molecule has 10 rings (SSSR count). The smallest absolute Gasteiger partial charge is 0.164 e. The maximum atomic E-state index is 10.2. The molecule has 0 fully saturated rings. The van der Waals surface area contributed by atoms with E-state index in [1.165, 1.54) is 5.56 Å². The van der Waals surface area contributed by atoms with Gasteiger partial charge in [-0.3, -0.25) is 0 Å². The standard InChI is InChI=1S/C56H36N6/c57-37-38-32-49(35-50(33-38)47-22-13-23-48(34-47)56-61-54(45-18-9-3-10-19-45)60-55(62-56)46-20-11-4-12-21-46)41-26-30-43(31-27-41)52-36-51(58-53(59-52)44-16-7-2-8-17-44)42-28-24-40(25-29-42)39-14-5-1-6-15-39/h1-36H. The zero-order chi connectivity index (χ0) is 41.7. The first-order chi connectivity index (χ1) is 30.6. The third kappa shape index (κ3) is 8.02. The molecule has 0 aliphatic carbocycles. The van der Waals surface area contributed by atoms with Crippen molar-refractivity contribution < 1.29 is 0 Å². The summed E-state index contributed by atoms with van der Waals surface area (Å²) in [5.41, 5.74) is 13.9. The van der Waals surface area contributed by atoms with E-state index < -0.39 is 0 Å². The van der Waals surface area contributed by atoms with Gasteiger partial charge in [0.15, 0.2) is 23.3 Å². The first-order valence-corrected chi connectivity index (χ1v) is 20.4. The van der Waals surface area contributed by atoms with Gasteiger partial charge in [-0.25, -0.2) is 24.9 Å². The molecule has 290 valence electrons. The van der Waals surface area contributed by atoms with Gasteiger partial charge < -0.3 is 0 Å². The third-order valence-electron chi connectivity index (χ3n) is 10.8. The molecule has 0 saturated heterocycles. The van der Waals surface area contributed by atoms with E-state index in [1.54, 1.807) is 0 Å². The van der Waals surface area contributed by atoms with Crippen molar-refractivity contribution in [2.45, 2.75) is 0 Å². The van der Waals surface area contributed by atoms with Crippen LogP contribution in [0.5, 0.6) is 0 Å². The molecule has 0 unspecified atom stereocenters. The van der Waals surface area contributed by atoms with Crippen LogP contribution in [0.3, 0.4) is 0 Å². The predicted octanol–water partition coefficient (Wildman–Crippen LogP) is 13.5. The second kappa shape index (κ2) is 16.9. The monoisotopic (exact) mass is 792 g/mol. The maximum absolute atomic E-state index is 10.2. The van der Waals surface area contributed by atoms with Crippen LogP contribution in [0.2, 0.25) is 0 Å². The highest BCUT2D eigenvalue weighted by Crippen LogP contribution is 2.34. The summed E-state index contributed by atoms with van der Waals surface area (Å²) >= 11 is 0. The molecule has 6 heteroatoms. The normalized spacial score (nSPS) is 10.9. The van der Waals surface area contributed by atoms with E-state index >= 15 is 0 Å². The number of nitrogens with zero attached hydrogens (tertiary/aromatic N) is 6. The Morgan fingerprint density at radius 3 is 1.03 bits per heavy atom. The molecule has 2 heterocycles. The van der Waals surface area contributed by atoms with E-state index in [9.17, 15) is 5.26 Å². The Hall–Kier alpha value is -8.66. The Balaban J connectivity index is 0.989. The summed E-state index contributed by atoms with van der Waals surface area (Å²) in [7, 11) is 0. The highest BCUT2D eigenvalue weighted by molar-refractivity contribution is 5.80. The summed E-state index contributed by atoms with van der Waals surface area (Å²) in [6.45, 7) is 0. The Kier molecular flexibility index (Phi) is 10.3. The summed E-state index contributed by atoms with van der Waals surface area (Å²) in [6.07, 6.45) is 0. The summed E-state index contributed by atoms with van der Waals surface area (Å²) < 4.78 is 0. The first kappa shape index (κ1) is 37.6. The minimum Gasteiger partial charge on any atom is -0.228 e. The molecule has 0 aliphatic rings. The van der Waals surface area contributed by atoms with Crippen LogP contribution >= 0.6 is 0 Å². The van der Waals surface area contributed by atoms with Crippen molar-refractivity contribution >= 4 is 0 Å². The minimum absolute atomic E-state index is 0.566. The Morgan fingerprint density at radius 2 is 0.565 bits per heavy atom. The highest BCUT2D eigenvalue weighted by atomic mass is 15.0. The van der Waals surface area contributed by atoms with E-state index in [-0.39, 0.29) is 0 Å². The number of hydrogen-bond acceptors (Lipinski definition) is 6. The van der Waals surface area contributed by atoms with Crippen LogP contribution in [0.15, 0.2) is 218 Å². The lowest BCUT2D eigenvalue weighted by Gasteiger charge is -2.12. The summed E-state index contributed by atoms with van der Waals surface area (Å²) in [4.78, 5) is 24.8. The van der Waals surface area contributed by atoms with Crippen molar-refractivity contribution in [1.82, 2.24) is 24.9 Å². The number of hydrogen-bond donors (Lipinski definition) is 0. The minimum atomic E-state index is 0.566. The van der Waals surface area contributed by atoms with Crippen molar-refractivity contribution in [1.29, 1.82) is 5.26 Å². The molecule has 2 aromatic heterocycles. The lowest BCUT2D eigenvalue weighted by atomic mass is 9.94. The summed E-state index contributed by atoms with van der Waals surface area (Å²) in [5, 5.41) is 10.2. The second-order valence-corrected chi connectivity index (χ2v) is 14.9. The zero-order valence-electron chi connectivity index (χ0n) is 33.5. The van der Waals surface area contributed by atoms with Crippen LogP contribution in [0.4, 0.5) is 0 Å². The van der Waals surface area contributed by atoms with Gasteiger partial charge in [-0.1, -0.05) is 188 Å². The van der Waals surface area contributed by atoms with Crippen molar-refractivity contribution in [3.05, 3.63) is 224 Å². The van der Waals surface area contributed by atoms with Crippen molar-refractivity contribution in [2.75, 3.05) is 0 Å². The van der Waals surface area contributed by atoms with Crippen LogP contribution in [-0.4, -0.2) is 24.9 Å². The fourth-order valence-corrected chi connectivity index (χ4v) is 7.56. The van der Waals surface area contributed by atoms with Gasteiger partial charge in [0.2, 0.25) is 0 Å². The summed E-state index contributed by atoms with van der Waals surface area (Å²) in [5.74, 6) is 2.43. The van der Waals surface area contributed by atoms with E-state index in [0.717, 1.165) is 72.6 Å². The summed E-state index contributed by atoms with van der Waals surface area (Å²) in [6, 6.07) is 75.8. The van der Waals surface area contributed by atoms with Gasteiger partial charge >= 0.3 is 0 Å². The van der Waals surface area contributed by atoms with Gasteiger partial charge in [-0.15, -0.1) is 0 Å². The van der Waals surface area contributed by atoms with Crippen LogP contribution in [-0.2, 0) is 0 Å². The lowest BCUT2D eigenvalue weighted by molar-refractivity contribution is 1.07. The fraction of sp³-hybridized carbons (Fsp3) is 0. The van der Waals surface area contributed by atoms with Gasteiger partial charge in [0.25, 0.3) is 0 Å². The van der Waals surface area contributed by atoms with Crippen molar-refractivity contribution in [2.24, 2.45) is 0 Å². The molecular weight excluding hydrogens is 757 g/mol. The molecule has 10 aromatic rings. The first-order valence-electron chi connectivity index (χ1n) is 20.4. The van der Waals surface area contributed by atoms with Crippen LogP contribution in [0, 0.1) is 11.3 Å². The zero-order valence-corrected chi connectivity index (χ0v) is 33.5. The second-order valence-electron chi connectivity index (χ2n) is 14.9. The molecule has 0 radical (unpaired) electrons. The number of rotatable bonds is 9. The molecule has 0 aliphatic heterocycles. The van der Waals surface area contributed by atoms with E-state index in [2.05, 4.69) is 103 Å². The van der Waals surface area contributed by atoms with Crippen molar-refractivity contribution in [3.63, 3.8) is 0 Å². The average Bonchev–Trinajstić information content (AvgIpc) is 3.37. The molecule has 8 aromatic carbocycles. The molecule has 0 N–H and O–H groups in total. The van der Waals surface area contributed by atoms with Gasteiger partial charge in [0.1, 0.15) is 0 Å². The molecule has 0 bridgehead atoms. The van der Waals surface area contributed by atoms with Gasteiger partial charge in [-0.2, -0.15) is 5.26 Å². The molecule has 0 atom stereocenters. The Labute approximate surface area is 360 Å². The SMILES string of the molecule is N#Cc1cc(-c2ccc(-c3cc(-c4ccc(-c5ccccc5)cc4)nc(-c4ccccc4)n3)cc2)cc(-c2cccc(-c3nc(-c4ccccc4)nc(-c4ccccc4)n3)c2)c1. The van der Waals surface area contributed by atoms with Crippen LogP contribution < -0.4 is 0 Å². The van der Waals surface area contributed by atoms with Crippen molar-refractivity contribution in [3.8, 4) is 108 Å². The lowest BCUT2D eigenvalue weighted by Crippen LogP contribution is -2.00. The molecular formula is C56H36N6. The Bertz CT molecular complexity index is 3140. The topological polar surface area (TPSA) is 88.2 Å². The predicted molar refractivity (Wildman–Crippen MR) is 249 cm³/mol. The number of nitriles is 1. The van der Waals surface area contributed by atoms with Crippen LogP contribution in [0.25, 0.3) is 101 Å². The number of benzene rings is 8. The van der Waals surface area contributed by atoms with E-state index in [0.29, 0.717) is 28.9 Å². The highest BCUT2D eigenvalue weighted by Gasteiger charge is 2.15. The largest absolute Gasteiger partial charge is 0.228 e. The maximum Gasteiger partial charge on any atom is 0.164 e. The number of aromatic nitrogens is 5.